The van der Waals surface area contributed by atoms with E-state index in [2.05, 4.69) is 10.0 Å². The van der Waals surface area contributed by atoms with Crippen molar-refractivity contribution in [3.8, 4) is 0 Å². The van der Waals surface area contributed by atoms with Gasteiger partial charge in [0, 0.05) is 38.9 Å². The largest absolute Gasteiger partial charge is 0.356 e. The second-order valence-electron chi connectivity index (χ2n) is 5.87. The van der Waals surface area contributed by atoms with Crippen LogP contribution in [0.4, 0.5) is 8.78 Å². The van der Waals surface area contributed by atoms with Crippen molar-refractivity contribution in [3.05, 3.63) is 29.8 Å². The number of carbonyl (C=O) groups excluding carboxylic acids is 3. The Labute approximate surface area is 155 Å². The highest BCUT2D eigenvalue weighted by molar-refractivity contribution is 7.89. The molecule has 1 aliphatic rings. The molecule has 1 fully saturated rings. The van der Waals surface area contributed by atoms with Crippen molar-refractivity contribution in [2.75, 3.05) is 19.6 Å². The zero-order chi connectivity index (χ0) is 20.0. The Morgan fingerprint density at radius 2 is 1.74 bits per heavy atom. The quantitative estimate of drug-likeness (QED) is 0.455. The summed E-state index contributed by atoms with van der Waals surface area (Å²) in [5.41, 5.74) is 0. The number of nitrogens with one attached hydrogen (secondary N) is 2. The first kappa shape index (κ1) is 20.9. The molecule has 0 unspecified atom stereocenters. The van der Waals surface area contributed by atoms with Gasteiger partial charge >= 0.3 is 0 Å². The second-order valence-corrected chi connectivity index (χ2v) is 7.63. The fourth-order valence-electron chi connectivity index (χ4n) is 2.45. The molecule has 0 spiro atoms. The molecule has 1 saturated heterocycles. The van der Waals surface area contributed by atoms with Crippen molar-refractivity contribution in [1.82, 2.24) is 14.9 Å². The summed E-state index contributed by atoms with van der Waals surface area (Å²) in [5, 5.41) is 2.55. The van der Waals surface area contributed by atoms with Gasteiger partial charge in [0.2, 0.25) is 27.7 Å². The van der Waals surface area contributed by atoms with Crippen LogP contribution in [0.2, 0.25) is 0 Å². The molecular formula is C16H19F2N3O5S. The van der Waals surface area contributed by atoms with Crippen LogP contribution < -0.4 is 10.0 Å². The molecule has 148 valence electrons. The van der Waals surface area contributed by atoms with Crippen molar-refractivity contribution >= 4 is 27.7 Å². The van der Waals surface area contributed by atoms with Crippen molar-refractivity contribution in [2.24, 2.45) is 0 Å². The molecule has 1 aromatic rings. The molecule has 0 aliphatic carbocycles. The smallest absolute Gasteiger partial charge is 0.240 e. The topological polar surface area (TPSA) is 113 Å². The van der Waals surface area contributed by atoms with E-state index in [1.807, 2.05) is 0 Å². The molecule has 0 bridgehead atoms. The molecule has 1 aliphatic heterocycles. The average Bonchev–Trinajstić information content (AvgIpc) is 2.92. The number of likely N-dealkylation sites (tertiary alicyclic amines) is 1. The van der Waals surface area contributed by atoms with Gasteiger partial charge in [0.25, 0.3) is 0 Å². The number of benzene rings is 1. The van der Waals surface area contributed by atoms with Crippen LogP contribution in [0.1, 0.15) is 25.7 Å². The van der Waals surface area contributed by atoms with E-state index in [1.165, 1.54) is 0 Å². The maximum atomic E-state index is 13.1. The minimum absolute atomic E-state index is 0.162. The normalized spacial score (nSPS) is 14.7. The van der Waals surface area contributed by atoms with E-state index in [0.29, 0.717) is 18.6 Å². The summed E-state index contributed by atoms with van der Waals surface area (Å²) in [6.45, 7) is 0.225. The average molecular weight is 403 g/mol. The molecule has 11 heteroatoms. The SMILES string of the molecule is O=C(CCNS(=O)(=O)c1ccc(F)c(F)c1)NCCCN1C(=O)CCC1=O. The highest BCUT2D eigenvalue weighted by Crippen LogP contribution is 2.13. The van der Waals surface area contributed by atoms with Gasteiger partial charge in [-0.15, -0.1) is 0 Å². The summed E-state index contributed by atoms with van der Waals surface area (Å²) in [6.07, 6.45) is 0.654. The van der Waals surface area contributed by atoms with Gasteiger partial charge in [-0.05, 0) is 24.6 Å². The van der Waals surface area contributed by atoms with Crippen LogP contribution in [0.25, 0.3) is 0 Å². The highest BCUT2D eigenvalue weighted by Gasteiger charge is 2.27. The van der Waals surface area contributed by atoms with Gasteiger partial charge in [0.1, 0.15) is 0 Å². The van der Waals surface area contributed by atoms with Gasteiger partial charge in [-0.3, -0.25) is 19.3 Å². The molecule has 1 heterocycles. The van der Waals surface area contributed by atoms with Gasteiger partial charge in [0.05, 0.1) is 4.90 Å². The number of sulfonamides is 1. The molecule has 0 aromatic heterocycles. The van der Waals surface area contributed by atoms with Crippen molar-refractivity contribution in [1.29, 1.82) is 0 Å². The number of hydrogen-bond donors (Lipinski definition) is 2. The Balaban J connectivity index is 1.68. The summed E-state index contributed by atoms with van der Waals surface area (Å²) in [6, 6.07) is 2.17. The van der Waals surface area contributed by atoms with E-state index in [0.717, 1.165) is 11.0 Å². The van der Waals surface area contributed by atoms with Crippen LogP contribution in [0.5, 0.6) is 0 Å². The van der Waals surface area contributed by atoms with Crippen LogP contribution in [0.3, 0.4) is 0 Å². The third-order valence-corrected chi connectivity index (χ3v) is 5.34. The fraction of sp³-hybridized carbons (Fsp3) is 0.438. The predicted molar refractivity (Wildman–Crippen MR) is 89.7 cm³/mol. The van der Waals surface area contributed by atoms with Crippen molar-refractivity contribution in [3.63, 3.8) is 0 Å². The van der Waals surface area contributed by atoms with Crippen molar-refractivity contribution in [2.45, 2.75) is 30.6 Å². The lowest BCUT2D eigenvalue weighted by Gasteiger charge is -2.13. The van der Waals surface area contributed by atoms with Gasteiger partial charge in [-0.25, -0.2) is 21.9 Å². The molecule has 8 nitrogen and oxygen atoms in total. The van der Waals surface area contributed by atoms with Crippen LogP contribution in [-0.2, 0) is 24.4 Å². The Hall–Kier alpha value is -2.40. The molecule has 2 N–H and O–H groups in total. The number of imide groups is 1. The predicted octanol–water partition coefficient (Wildman–Crippen LogP) is 0.288. The van der Waals surface area contributed by atoms with Gasteiger partial charge in [-0.1, -0.05) is 0 Å². The second kappa shape index (κ2) is 9.00. The highest BCUT2D eigenvalue weighted by atomic mass is 32.2. The molecule has 1 aromatic carbocycles. The zero-order valence-corrected chi connectivity index (χ0v) is 15.2. The number of amides is 3. The standard InChI is InChI=1S/C16H19F2N3O5S/c17-12-3-2-11(10-13(12)18)27(25,26)20-8-6-14(22)19-7-1-9-21-15(23)4-5-16(21)24/h2-3,10,20H,1,4-9H2,(H,19,22). The monoisotopic (exact) mass is 403 g/mol. The number of nitrogens with zero attached hydrogens (tertiary/aromatic N) is 1. The first-order chi connectivity index (χ1) is 12.7. The number of halogens is 2. The van der Waals surface area contributed by atoms with Gasteiger partial charge < -0.3 is 5.32 Å². The first-order valence-corrected chi connectivity index (χ1v) is 9.73. The molecule has 27 heavy (non-hydrogen) atoms. The fourth-order valence-corrected chi connectivity index (χ4v) is 3.50. The van der Waals surface area contributed by atoms with E-state index in [1.54, 1.807) is 0 Å². The lowest BCUT2D eigenvalue weighted by Crippen LogP contribution is -2.34. The molecular weight excluding hydrogens is 384 g/mol. The third kappa shape index (κ3) is 5.79. The van der Waals surface area contributed by atoms with E-state index >= 15 is 0 Å². The minimum atomic E-state index is -4.06. The number of rotatable bonds is 9. The molecule has 0 saturated carbocycles. The van der Waals surface area contributed by atoms with Crippen LogP contribution in [0.15, 0.2) is 23.1 Å². The Kier molecular flexibility index (Phi) is 6.97. The summed E-state index contributed by atoms with van der Waals surface area (Å²) < 4.78 is 52.0. The lowest BCUT2D eigenvalue weighted by atomic mass is 10.3. The molecule has 0 atom stereocenters. The summed E-state index contributed by atoms with van der Waals surface area (Å²) in [5.74, 6) is -3.32. The molecule has 0 radical (unpaired) electrons. The maximum absolute atomic E-state index is 13.1. The molecule has 2 rings (SSSR count). The van der Waals surface area contributed by atoms with Crippen LogP contribution >= 0.6 is 0 Å². The summed E-state index contributed by atoms with van der Waals surface area (Å²) >= 11 is 0. The van der Waals surface area contributed by atoms with Crippen molar-refractivity contribution < 1.29 is 31.6 Å². The van der Waals surface area contributed by atoms with E-state index in [4.69, 9.17) is 0 Å². The van der Waals surface area contributed by atoms with E-state index in [9.17, 15) is 31.6 Å². The number of hydrogen-bond acceptors (Lipinski definition) is 5. The van der Waals surface area contributed by atoms with E-state index in [-0.39, 0.29) is 50.7 Å². The molecule has 3 amide bonds. The first-order valence-electron chi connectivity index (χ1n) is 8.25. The zero-order valence-electron chi connectivity index (χ0n) is 14.3. The summed E-state index contributed by atoms with van der Waals surface area (Å²) in [7, 11) is -4.06. The Morgan fingerprint density at radius 3 is 2.37 bits per heavy atom. The third-order valence-electron chi connectivity index (χ3n) is 3.88. The maximum Gasteiger partial charge on any atom is 0.240 e. The Bertz CT molecular complexity index is 828. The number of carbonyl (C=O) groups is 3. The van der Waals surface area contributed by atoms with Gasteiger partial charge in [-0.2, -0.15) is 0 Å². The minimum Gasteiger partial charge on any atom is -0.356 e. The van der Waals surface area contributed by atoms with E-state index < -0.39 is 32.5 Å². The van der Waals surface area contributed by atoms with Crippen LogP contribution in [-0.4, -0.2) is 50.7 Å². The van der Waals surface area contributed by atoms with Gasteiger partial charge in [0.15, 0.2) is 11.6 Å². The summed E-state index contributed by atoms with van der Waals surface area (Å²) in [4.78, 5) is 35.2. The van der Waals surface area contributed by atoms with Crippen LogP contribution in [0, 0.1) is 11.6 Å². The lowest BCUT2D eigenvalue weighted by molar-refractivity contribution is -0.138. The Morgan fingerprint density at radius 1 is 1.07 bits per heavy atom.